The van der Waals surface area contributed by atoms with Gasteiger partial charge in [0.2, 0.25) is 0 Å². The Labute approximate surface area is 144 Å². The second-order valence-electron chi connectivity index (χ2n) is 5.20. The Morgan fingerprint density at radius 2 is 2.12 bits per heavy atom. The molecule has 3 rings (SSSR count). The van der Waals surface area contributed by atoms with Crippen molar-refractivity contribution in [2.45, 2.75) is 24.4 Å². The van der Waals surface area contributed by atoms with Crippen molar-refractivity contribution in [3.8, 4) is 11.5 Å². The number of nitrogens with zero attached hydrogens (tertiary/aromatic N) is 2. The second-order valence-corrected chi connectivity index (χ2v) is 6.56. The van der Waals surface area contributed by atoms with Gasteiger partial charge in [-0.1, -0.05) is 6.07 Å². The van der Waals surface area contributed by atoms with E-state index < -0.39 is 17.4 Å². The highest BCUT2D eigenvalue weighted by Crippen LogP contribution is 2.33. The fourth-order valence-electron chi connectivity index (χ4n) is 2.31. The quantitative estimate of drug-likeness (QED) is 0.724. The molecule has 9 heteroatoms. The van der Waals surface area contributed by atoms with Gasteiger partial charge in [-0.05, 0) is 18.6 Å². The van der Waals surface area contributed by atoms with Crippen LogP contribution in [0.2, 0.25) is 0 Å². The first-order valence-corrected chi connectivity index (χ1v) is 8.61. The van der Waals surface area contributed by atoms with E-state index in [1.54, 1.807) is 12.3 Å². The van der Waals surface area contributed by atoms with Gasteiger partial charge in [0.25, 0.3) is 0 Å². The fourth-order valence-corrected chi connectivity index (χ4v) is 3.42. The van der Waals surface area contributed by atoms with Gasteiger partial charge in [-0.15, -0.1) is 0 Å². The summed E-state index contributed by atoms with van der Waals surface area (Å²) in [6.45, 7) is -1.09. The first kappa shape index (κ1) is 17.3. The molecule has 0 radical (unpaired) electrons. The number of H-pyrrole nitrogens is 1. The molecule has 132 valence electrons. The largest absolute Gasteiger partial charge is 0.493 e. The molecule has 0 spiro atoms. The Kier molecular flexibility index (Phi) is 4.93. The monoisotopic (exact) mass is 367 g/mol. The highest BCUT2D eigenvalue weighted by molar-refractivity contribution is 7.84. The third-order valence-electron chi connectivity index (χ3n) is 3.56. The van der Waals surface area contributed by atoms with Crippen molar-refractivity contribution in [3.63, 3.8) is 0 Å². The number of aromatic nitrogens is 3. The van der Waals surface area contributed by atoms with Gasteiger partial charge in [0.1, 0.15) is 0 Å². The van der Waals surface area contributed by atoms with E-state index in [-0.39, 0.29) is 22.4 Å². The highest BCUT2D eigenvalue weighted by atomic mass is 32.2. The first-order valence-electron chi connectivity index (χ1n) is 7.29. The van der Waals surface area contributed by atoms with Crippen LogP contribution < -0.4 is 9.47 Å². The molecule has 25 heavy (non-hydrogen) atoms. The van der Waals surface area contributed by atoms with Gasteiger partial charge in [-0.3, -0.25) is 9.19 Å². The molecule has 0 amide bonds. The fraction of sp³-hybridized carbons (Fsp3) is 0.250. The number of imidazole rings is 1. The van der Waals surface area contributed by atoms with Gasteiger partial charge < -0.3 is 14.5 Å². The number of nitrogens with one attached hydrogen (secondary N) is 1. The van der Waals surface area contributed by atoms with Gasteiger partial charge in [0.15, 0.2) is 16.7 Å². The van der Waals surface area contributed by atoms with E-state index in [1.165, 1.54) is 19.2 Å². The molecule has 1 unspecified atom stereocenters. The zero-order chi connectivity index (χ0) is 18.0. The Balaban J connectivity index is 1.92. The molecule has 6 nitrogen and oxygen atoms in total. The van der Waals surface area contributed by atoms with Crippen molar-refractivity contribution >= 4 is 21.8 Å². The molecular weight excluding hydrogens is 352 g/mol. The molecule has 0 fully saturated rings. The van der Waals surface area contributed by atoms with Crippen molar-refractivity contribution < 1.29 is 22.5 Å². The van der Waals surface area contributed by atoms with Crippen LogP contribution >= 0.6 is 0 Å². The maximum atomic E-state index is 12.5. The predicted molar refractivity (Wildman–Crippen MR) is 88.4 cm³/mol. The van der Waals surface area contributed by atoms with Gasteiger partial charge >= 0.3 is 6.61 Å². The number of pyridine rings is 1. The summed E-state index contributed by atoms with van der Waals surface area (Å²) in [5, 5.41) is 0.233. The molecule has 2 aromatic heterocycles. The summed E-state index contributed by atoms with van der Waals surface area (Å²) in [6, 6.07) is 6.49. The number of aryl methyl sites for hydroxylation is 1. The van der Waals surface area contributed by atoms with E-state index in [4.69, 9.17) is 4.74 Å². The number of aromatic amines is 1. The van der Waals surface area contributed by atoms with Crippen molar-refractivity contribution in [2.24, 2.45) is 0 Å². The average Bonchev–Trinajstić information content (AvgIpc) is 2.98. The number of hydrogen-bond acceptors (Lipinski definition) is 5. The van der Waals surface area contributed by atoms with Crippen LogP contribution in [0.3, 0.4) is 0 Å². The smallest absolute Gasteiger partial charge is 0.387 e. The lowest BCUT2D eigenvalue weighted by Gasteiger charge is -2.09. The zero-order valence-electron chi connectivity index (χ0n) is 13.5. The first-order chi connectivity index (χ1) is 12.0. The number of rotatable bonds is 6. The SMILES string of the molecule is COc1cc2nc(S(=O)Cc3ncccc3C)[nH]c2cc1OC(F)F. The standard InChI is InChI=1S/C16H15F2N3O3S/c1-9-4-3-5-19-12(9)8-25(22)16-20-10-6-13(23-2)14(24-15(17)18)7-11(10)21-16/h3-7,15H,8H2,1-2H3,(H,20,21). The van der Waals surface area contributed by atoms with Gasteiger partial charge in [-0.25, -0.2) is 4.98 Å². The highest BCUT2D eigenvalue weighted by Gasteiger charge is 2.17. The Morgan fingerprint density at radius 1 is 1.32 bits per heavy atom. The number of benzene rings is 1. The minimum atomic E-state index is -2.98. The maximum absolute atomic E-state index is 12.5. The molecule has 1 aromatic carbocycles. The second kappa shape index (κ2) is 7.14. The summed E-state index contributed by atoms with van der Waals surface area (Å²) in [5.41, 5.74) is 2.51. The van der Waals surface area contributed by atoms with E-state index in [2.05, 4.69) is 19.7 Å². The minimum absolute atomic E-state index is 0.119. The average molecular weight is 367 g/mol. The molecule has 0 aliphatic carbocycles. The van der Waals surface area contributed by atoms with Gasteiger partial charge in [0, 0.05) is 18.3 Å². The summed E-state index contributed by atoms with van der Waals surface area (Å²) in [7, 11) is -0.120. The minimum Gasteiger partial charge on any atom is -0.493 e. The number of methoxy groups -OCH3 is 1. The predicted octanol–water partition coefficient (Wildman–Crippen LogP) is 3.18. The maximum Gasteiger partial charge on any atom is 0.387 e. The normalized spacial score (nSPS) is 12.5. The third-order valence-corrected chi connectivity index (χ3v) is 4.72. The van der Waals surface area contributed by atoms with Crippen LogP contribution in [0.4, 0.5) is 8.78 Å². The summed E-state index contributed by atoms with van der Waals surface area (Å²) in [5.74, 6) is 0.202. The molecule has 1 atom stereocenters. The molecule has 0 saturated heterocycles. The molecule has 2 heterocycles. The Morgan fingerprint density at radius 3 is 2.80 bits per heavy atom. The third kappa shape index (κ3) is 3.76. The lowest BCUT2D eigenvalue weighted by atomic mass is 10.2. The lowest BCUT2D eigenvalue weighted by Crippen LogP contribution is -2.03. The van der Waals surface area contributed by atoms with E-state index >= 15 is 0 Å². The zero-order valence-corrected chi connectivity index (χ0v) is 14.3. The summed E-state index contributed by atoms with van der Waals surface area (Å²) < 4.78 is 47.0. The van der Waals surface area contributed by atoms with Crippen molar-refractivity contribution in [1.82, 2.24) is 15.0 Å². The van der Waals surface area contributed by atoms with Crippen LogP contribution in [-0.4, -0.2) is 32.9 Å². The molecule has 3 aromatic rings. The Bertz CT molecular complexity index is 930. The lowest BCUT2D eigenvalue weighted by molar-refractivity contribution is -0.0511. The molecule has 1 N–H and O–H groups in total. The van der Waals surface area contributed by atoms with Crippen LogP contribution in [0, 0.1) is 6.92 Å². The number of ether oxygens (including phenoxy) is 2. The topological polar surface area (TPSA) is 77.1 Å². The summed E-state index contributed by atoms with van der Waals surface area (Å²) in [4.78, 5) is 11.4. The van der Waals surface area contributed by atoms with Crippen LogP contribution in [0.25, 0.3) is 11.0 Å². The van der Waals surface area contributed by atoms with Crippen LogP contribution in [-0.2, 0) is 16.6 Å². The number of alkyl halides is 2. The van der Waals surface area contributed by atoms with E-state index in [1.807, 2.05) is 13.0 Å². The van der Waals surface area contributed by atoms with Crippen LogP contribution in [0.5, 0.6) is 11.5 Å². The number of halogens is 2. The number of fused-ring (bicyclic) bond motifs is 1. The molecular formula is C16H15F2N3O3S. The van der Waals surface area contributed by atoms with Crippen molar-refractivity contribution in [1.29, 1.82) is 0 Å². The van der Waals surface area contributed by atoms with Crippen molar-refractivity contribution in [2.75, 3.05) is 7.11 Å². The van der Waals surface area contributed by atoms with E-state index in [0.29, 0.717) is 16.7 Å². The van der Waals surface area contributed by atoms with E-state index in [0.717, 1.165) is 5.56 Å². The van der Waals surface area contributed by atoms with Crippen molar-refractivity contribution in [3.05, 3.63) is 41.7 Å². The summed E-state index contributed by atoms with van der Waals surface area (Å²) >= 11 is 0. The molecule has 0 bridgehead atoms. The Hall–Kier alpha value is -2.55. The van der Waals surface area contributed by atoms with Crippen LogP contribution in [0.1, 0.15) is 11.3 Å². The van der Waals surface area contributed by atoms with Gasteiger partial charge in [-0.2, -0.15) is 8.78 Å². The molecule has 0 saturated carbocycles. The number of hydrogen-bond donors (Lipinski definition) is 1. The molecule has 0 aliphatic rings. The van der Waals surface area contributed by atoms with Gasteiger partial charge in [0.05, 0.1) is 40.4 Å². The van der Waals surface area contributed by atoms with E-state index in [9.17, 15) is 13.0 Å². The van der Waals surface area contributed by atoms with Crippen LogP contribution in [0.15, 0.2) is 35.6 Å². The molecule has 0 aliphatic heterocycles. The summed E-state index contributed by atoms with van der Waals surface area (Å²) in [6.07, 6.45) is 1.64.